The number of nitrogens with one attached hydrogen (secondary N) is 1. The molecule has 0 saturated carbocycles. The average molecular weight is 239 g/mol. The Balaban J connectivity index is 0.00000169. The second-order valence-electron chi connectivity index (χ2n) is 2.56. The number of aliphatic imine (C=N–C) groups is 1. The molecule has 0 aromatic heterocycles. The molecule has 4 nitrogen and oxygen atoms in total. The highest BCUT2D eigenvalue weighted by atomic mass is 35.5. The summed E-state index contributed by atoms with van der Waals surface area (Å²) in [4.78, 5) is 15.2. The number of halogens is 1. The van der Waals surface area contributed by atoms with Crippen LogP contribution < -0.4 is 5.32 Å². The SMILES string of the molecule is CCOC(=O)CSC1=NCCCN1.Cl. The van der Waals surface area contributed by atoms with Crippen LogP contribution in [0.15, 0.2) is 4.99 Å². The van der Waals surface area contributed by atoms with Gasteiger partial charge >= 0.3 is 5.97 Å². The summed E-state index contributed by atoms with van der Waals surface area (Å²) < 4.78 is 4.79. The van der Waals surface area contributed by atoms with Gasteiger partial charge in [0.2, 0.25) is 0 Å². The van der Waals surface area contributed by atoms with Crippen LogP contribution in [0.25, 0.3) is 0 Å². The molecule has 1 aliphatic heterocycles. The fraction of sp³-hybridized carbons (Fsp3) is 0.750. The first-order chi connectivity index (χ1) is 6.33. The van der Waals surface area contributed by atoms with Gasteiger partial charge in [0.25, 0.3) is 0 Å². The van der Waals surface area contributed by atoms with E-state index >= 15 is 0 Å². The molecule has 0 atom stereocenters. The van der Waals surface area contributed by atoms with Crippen LogP contribution in [-0.2, 0) is 9.53 Å². The first-order valence-electron chi connectivity index (χ1n) is 4.39. The van der Waals surface area contributed by atoms with Crippen molar-refractivity contribution in [1.82, 2.24) is 5.32 Å². The molecule has 0 amide bonds. The van der Waals surface area contributed by atoms with Crippen LogP contribution in [0.2, 0.25) is 0 Å². The van der Waals surface area contributed by atoms with Crippen molar-refractivity contribution in [2.24, 2.45) is 4.99 Å². The van der Waals surface area contributed by atoms with E-state index in [0.717, 1.165) is 24.7 Å². The molecule has 0 bridgehead atoms. The van der Waals surface area contributed by atoms with Gasteiger partial charge < -0.3 is 10.1 Å². The molecule has 6 heteroatoms. The highest BCUT2D eigenvalue weighted by molar-refractivity contribution is 8.14. The number of nitrogens with zero attached hydrogens (tertiary/aromatic N) is 1. The number of hydrogen-bond acceptors (Lipinski definition) is 5. The maximum absolute atomic E-state index is 11.0. The fourth-order valence-electron chi connectivity index (χ4n) is 0.937. The Morgan fingerprint density at radius 3 is 3.07 bits per heavy atom. The molecule has 82 valence electrons. The van der Waals surface area contributed by atoms with Gasteiger partial charge in [0.05, 0.1) is 12.4 Å². The molecule has 0 aromatic rings. The van der Waals surface area contributed by atoms with E-state index in [0.29, 0.717) is 12.4 Å². The predicted octanol–water partition coefficient (Wildman–Crippen LogP) is 1.05. The van der Waals surface area contributed by atoms with Crippen LogP contribution in [0.1, 0.15) is 13.3 Å². The van der Waals surface area contributed by atoms with Gasteiger partial charge in [-0.05, 0) is 13.3 Å². The second-order valence-corrected chi connectivity index (χ2v) is 3.52. The highest BCUT2D eigenvalue weighted by Gasteiger charge is 2.08. The van der Waals surface area contributed by atoms with E-state index in [-0.39, 0.29) is 18.4 Å². The molecule has 1 N–H and O–H groups in total. The van der Waals surface area contributed by atoms with Gasteiger partial charge in [0.1, 0.15) is 0 Å². The molecule has 0 fully saturated rings. The van der Waals surface area contributed by atoms with Crippen molar-refractivity contribution < 1.29 is 9.53 Å². The summed E-state index contributed by atoms with van der Waals surface area (Å²) >= 11 is 1.41. The lowest BCUT2D eigenvalue weighted by Crippen LogP contribution is -2.27. The van der Waals surface area contributed by atoms with Crippen LogP contribution >= 0.6 is 24.2 Å². The monoisotopic (exact) mass is 238 g/mol. The molecule has 0 radical (unpaired) electrons. The zero-order valence-corrected chi connectivity index (χ0v) is 9.75. The van der Waals surface area contributed by atoms with Crippen LogP contribution in [0, 0.1) is 0 Å². The zero-order valence-electron chi connectivity index (χ0n) is 8.12. The van der Waals surface area contributed by atoms with E-state index in [9.17, 15) is 4.79 Å². The van der Waals surface area contributed by atoms with Crippen LogP contribution in [0.3, 0.4) is 0 Å². The molecule has 1 heterocycles. The number of carbonyl (C=O) groups is 1. The van der Waals surface area contributed by atoms with E-state index in [1.165, 1.54) is 11.8 Å². The number of thioether (sulfide) groups is 1. The normalized spacial score (nSPS) is 14.8. The Bertz CT molecular complexity index is 212. The van der Waals surface area contributed by atoms with E-state index in [2.05, 4.69) is 10.3 Å². The summed E-state index contributed by atoms with van der Waals surface area (Å²) in [6.45, 7) is 4.06. The number of ether oxygens (including phenoxy) is 1. The van der Waals surface area contributed by atoms with Crippen molar-refractivity contribution in [3.8, 4) is 0 Å². The lowest BCUT2D eigenvalue weighted by molar-refractivity contribution is -0.139. The molecule has 0 unspecified atom stereocenters. The summed E-state index contributed by atoms with van der Waals surface area (Å²) in [5.74, 6) is 0.169. The average Bonchev–Trinajstić information content (AvgIpc) is 2.17. The molecular formula is C8H15ClN2O2S. The molecule has 0 saturated heterocycles. The summed E-state index contributed by atoms with van der Waals surface area (Å²) in [6, 6.07) is 0. The number of esters is 1. The van der Waals surface area contributed by atoms with Gasteiger partial charge in [-0.3, -0.25) is 9.79 Å². The third-order valence-electron chi connectivity index (χ3n) is 1.50. The van der Waals surface area contributed by atoms with Gasteiger partial charge in [-0.1, -0.05) is 11.8 Å². The summed E-state index contributed by atoms with van der Waals surface area (Å²) in [7, 11) is 0. The minimum atomic E-state index is -0.178. The van der Waals surface area contributed by atoms with Crippen molar-refractivity contribution in [2.75, 3.05) is 25.4 Å². The molecule has 1 aliphatic rings. The highest BCUT2D eigenvalue weighted by Crippen LogP contribution is 2.05. The first kappa shape index (κ1) is 13.6. The standard InChI is InChI=1S/C8H14N2O2S.ClH/c1-2-12-7(11)6-13-8-9-4-3-5-10-8;/h2-6H2,1H3,(H,9,10);1H. The number of amidine groups is 1. The lowest BCUT2D eigenvalue weighted by atomic mass is 10.4. The Morgan fingerprint density at radius 1 is 1.71 bits per heavy atom. The molecule has 0 aromatic carbocycles. The van der Waals surface area contributed by atoms with Gasteiger partial charge in [-0.2, -0.15) is 0 Å². The lowest BCUT2D eigenvalue weighted by Gasteiger charge is -2.12. The number of rotatable bonds is 3. The quantitative estimate of drug-likeness (QED) is 0.747. The van der Waals surface area contributed by atoms with Crippen molar-refractivity contribution >= 4 is 35.3 Å². The largest absolute Gasteiger partial charge is 0.465 e. The molecule has 14 heavy (non-hydrogen) atoms. The van der Waals surface area contributed by atoms with Gasteiger partial charge in [-0.15, -0.1) is 12.4 Å². The third-order valence-corrected chi connectivity index (χ3v) is 2.43. The fourth-order valence-corrected chi connectivity index (χ4v) is 1.66. The van der Waals surface area contributed by atoms with E-state index in [4.69, 9.17) is 4.74 Å². The zero-order chi connectivity index (χ0) is 9.52. The Morgan fingerprint density at radius 2 is 2.50 bits per heavy atom. The maximum atomic E-state index is 11.0. The maximum Gasteiger partial charge on any atom is 0.316 e. The summed E-state index contributed by atoms with van der Waals surface area (Å²) in [5, 5.41) is 3.98. The topological polar surface area (TPSA) is 50.7 Å². The van der Waals surface area contributed by atoms with Crippen molar-refractivity contribution in [1.29, 1.82) is 0 Å². The predicted molar refractivity (Wildman–Crippen MR) is 61.3 cm³/mol. The molecular weight excluding hydrogens is 224 g/mol. The summed E-state index contributed by atoms with van der Waals surface area (Å²) in [5.41, 5.74) is 0. The molecule has 0 spiro atoms. The Kier molecular flexibility index (Phi) is 7.70. The smallest absolute Gasteiger partial charge is 0.316 e. The van der Waals surface area contributed by atoms with E-state index in [1.807, 2.05) is 0 Å². The minimum absolute atomic E-state index is 0. The van der Waals surface area contributed by atoms with Crippen molar-refractivity contribution in [3.63, 3.8) is 0 Å². The van der Waals surface area contributed by atoms with E-state index < -0.39 is 0 Å². The Hall–Kier alpha value is -0.420. The first-order valence-corrected chi connectivity index (χ1v) is 5.38. The summed E-state index contributed by atoms with van der Waals surface area (Å²) in [6.07, 6.45) is 1.07. The molecule has 0 aliphatic carbocycles. The number of carbonyl (C=O) groups excluding carboxylic acids is 1. The van der Waals surface area contributed by atoms with Crippen LogP contribution in [-0.4, -0.2) is 36.6 Å². The molecule has 1 rings (SSSR count). The van der Waals surface area contributed by atoms with Crippen LogP contribution in [0.4, 0.5) is 0 Å². The minimum Gasteiger partial charge on any atom is -0.465 e. The third kappa shape index (κ3) is 5.34. The van der Waals surface area contributed by atoms with Crippen molar-refractivity contribution in [3.05, 3.63) is 0 Å². The van der Waals surface area contributed by atoms with Gasteiger partial charge in [-0.25, -0.2) is 0 Å². The van der Waals surface area contributed by atoms with Crippen LogP contribution in [0.5, 0.6) is 0 Å². The van der Waals surface area contributed by atoms with Gasteiger partial charge in [0, 0.05) is 13.1 Å². The number of hydrogen-bond donors (Lipinski definition) is 1. The second kappa shape index (κ2) is 7.94. The Labute approximate surface area is 94.3 Å². The van der Waals surface area contributed by atoms with Gasteiger partial charge in [0.15, 0.2) is 5.17 Å². The van der Waals surface area contributed by atoms with Crippen molar-refractivity contribution in [2.45, 2.75) is 13.3 Å². The van der Waals surface area contributed by atoms with E-state index in [1.54, 1.807) is 6.92 Å².